The Morgan fingerprint density at radius 2 is 1.84 bits per heavy atom. The van der Waals surface area contributed by atoms with Gasteiger partial charge in [-0.15, -0.1) is 0 Å². The minimum absolute atomic E-state index is 0.0594. The van der Waals surface area contributed by atoms with Crippen molar-refractivity contribution in [2.75, 3.05) is 5.32 Å². The summed E-state index contributed by atoms with van der Waals surface area (Å²) in [6.45, 7) is 6.87. The van der Waals surface area contributed by atoms with Crippen LogP contribution in [0, 0.1) is 6.92 Å². The van der Waals surface area contributed by atoms with Crippen molar-refractivity contribution in [1.29, 1.82) is 0 Å². The molecule has 0 atom stereocenters. The molecular weight excluding hydrogens is 242 g/mol. The van der Waals surface area contributed by atoms with Gasteiger partial charge in [0.25, 0.3) is 5.91 Å². The highest BCUT2D eigenvalue weighted by molar-refractivity contribution is 6.08. The van der Waals surface area contributed by atoms with Crippen molar-refractivity contribution in [3.63, 3.8) is 0 Å². The number of amides is 1. The number of aliphatic carboxylic acids is 1. The minimum atomic E-state index is -1.08. The highest BCUT2D eigenvalue weighted by Gasteiger charge is 2.14. The summed E-state index contributed by atoms with van der Waals surface area (Å²) in [6.07, 6.45) is 0.804. The standard InChI is InChI=1S/C15H19NO3/c1-5-12-8-6-7-9(2)13(12)16-14(17)10(3)11(4)15(18)19/h6-8H,5H2,1-4H3,(H,16,17)(H,18,19). The van der Waals surface area contributed by atoms with Gasteiger partial charge in [0.05, 0.1) is 0 Å². The molecule has 0 saturated heterocycles. The molecule has 0 heterocycles. The topological polar surface area (TPSA) is 66.4 Å². The normalized spacial score (nSPS) is 11.8. The van der Waals surface area contributed by atoms with Crippen LogP contribution in [0.25, 0.3) is 0 Å². The SMILES string of the molecule is CCc1cccc(C)c1NC(=O)C(C)=C(C)C(=O)O. The van der Waals surface area contributed by atoms with E-state index in [-0.39, 0.29) is 17.1 Å². The minimum Gasteiger partial charge on any atom is -0.478 e. The first kappa shape index (κ1) is 15.0. The van der Waals surface area contributed by atoms with Gasteiger partial charge < -0.3 is 10.4 Å². The number of carboxylic acid groups (broad SMARTS) is 1. The van der Waals surface area contributed by atoms with Gasteiger partial charge in [-0.3, -0.25) is 4.79 Å². The van der Waals surface area contributed by atoms with Crippen molar-refractivity contribution in [1.82, 2.24) is 0 Å². The Hall–Kier alpha value is -2.10. The van der Waals surface area contributed by atoms with Crippen LogP contribution in [0.3, 0.4) is 0 Å². The van der Waals surface area contributed by atoms with Crippen LogP contribution in [0.5, 0.6) is 0 Å². The Bertz CT molecular complexity index is 544. The van der Waals surface area contributed by atoms with Crippen molar-refractivity contribution in [3.05, 3.63) is 40.5 Å². The van der Waals surface area contributed by atoms with Crippen molar-refractivity contribution in [2.45, 2.75) is 34.1 Å². The zero-order chi connectivity index (χ0) is 14.6. The lowest BCUT2D eigenvalue weighted by Crippen LogP contribution is -2.17. The van der Waals surface area contributed by atoms with E-state index in [1.807, 2.05) is 32.0 Å². The van der Waals surface area contributed by atoms with Gasteiger partial charge in [0.15, 0.2) is 0 Å². The number of para-hydroxylation sites is 1. The Balaban J connectivity index is 3.08. The summed E-state index contributed by atoms with van der Waals surface area (Å²) in [5.74, 6) is -1.45. The van der Waals surface area contributed by atoms with Gasteiger partial charge in [-0.05, 0) is 38.3 Å². The smallest absolute Gasteiger partial charge is 0.331 e. The number of nitrogens with one attached hydrogen (secondary N) is 1. The maximum atomic E-state index is 12.0. The maximum absolute atomic E-state index is 12.0. The largest absolute Gasteiger partial charge is 0.478 e. The van der Waals surface area contributed by atoms with E-state index in [4.69, 9.17) is 5.11 Å². The molecule has 1 rings (SSSR count). The number of hydrogen-bond donors (Lipinski definition) is 2. The molecular formula is C15H19NO3. The Labute approximate surface area is 113 Å². The van der Waals surface area contributed by atoms with Crippen LogP contribution in [0.2, 0.25) is 0 Å². The Morgan fingerprint density at radius 1 is 1.21 bits per heavy atom. The molecule has 0 bridgehead atoms. The summed E-state index contributed by atoms with van der Waals surface area (Å²) in [5.41, 5.74) is 3.05. The lowest BCUT2D eigenvalue weighted by Gasteiger charge is -2.13. The molecule has 0 saturated carbocycles. The van der Waals surface area contributed by atoms with Crippen LogP contribution in [0.1, 0.15) is 31.9 Å². The van der Waals surface area contributed by atoms with Crippen molar-refractivity contribution in [2.24, 2.45) is 0 Å². The third kappa shape index (κ3) is 3.44. The number of hydrogen-bond acceptors (Lipinski definition) is 2. The van der Waals surface area contributed by atoms with Gasteiger partial charge in [-0.2, -0.15) is 0 Å². The van der Waals surface area contributed by atoms with E-state index < -0.39 is 5.97 Å². The van der Waals surface area contributed by atoms with Crippen LogP contribution >= 0.6 is 0 Å². The Kier molecular flexibility index (Phi) is 4.87. The van der Waals surface area contributed by atoms with Crippen LogP contribution in [-0.2, 0) is 16.0 Å². The molecule has 2 N–H and O–H groups in total. The van der Waals surface area contributed by atoms with Crippen LogP contribution in [0.4, 0.5) is 5.69 Å². The third-order valence-corrected chi connectivity index (χ3v) is 3.20. The fraction of sp³-hybridized carbons (Fsp3) is 0.333. The van der Waals surface area contributed by atoms with E-state index in [1.165, 1.54) is 13.8 Å². The summed E-state index contributed by atoms with van der Waals surface area (Å²) >= 11 is 0. The quantitative estimate of drug-likeness (QED) is 0.819. The highest BCUT2D eigenvalue weighted by Crippen LogP contribution is 2.22. The predicted octanol–water partition coefficient (Wildman–Crippen LogP) is 2.92. The molecule has 0 unspecified atom stereocenters. The maximum Gasteiger partial charge on any atom is 0.331 e. The molecule has 1 aromatic rings. The first-order chi connectivity index (χ1) is 8.88. The number of rotatable bonds is 4. The number of benzene rings is 1. The molecule has 0 aliphatic heterocycles. The molecule has 0 aromatic heterocycles. The van der Waals surface area contributed by atoms with Crippen molar-refractivity contribution in [3.8, 4) is 0 Å². The van der Waals surface area contributed by atoms with Gasteiger partial charge >= 0.3 is 5.97 Å². The van der Waals surface area contributed by atoms with Gasteiger partial charge in [0.2, 0.25) is 0 Å². The van der Waals surface area contributed by atoms with Crippen LogP contribution in [-0.4, -0.2) is 17.0 Å². The first-order valence-corrected chi connectivity index (χ1v) is 6.19. The summed E-state index contributed by atoms with van der Waals surface area (Å²) < 4.78 is 0. The number of anilines is 1. The first-order valence-electron chi connectivity index (χ1n) is 6.19. The fourth-order valence-corrected chi connectivity index (χ4v) is 1.74. The van der Waals surface area contributed by atoms with Crippen LogP contribution < -0.4 is 5.32 Å². The molecule has 0 spiro atoms. The number of carbonyl (C=O) groups is 2. The molecule has 0 fully saturated rings. The predicted molar refractivity (Wildman–Crippen MR) is 75.2 cm³/mol. The third-order valence-electron chi connectivity index (χ3n) is 3.20. The van der Waals surface area contributed by atoms with E-state index in [0.717, 1.165) is 23.2 Å². The zero-order valence-electron chi connectivity index (χ0n) is 11.7. The van der Waals surface area contributed by atoms with Crippen molar-refractivity contribution >= 4 is 17.6 Å². The van der Waals surface area contributed by atoms with E-state index in [2.05, 4.69) is 5.32 Å². The average molecular weight is 261 g/mol. The zero-order valence-corrected chi connectivity index (χ0v) is 11.7. The van der Waals surface area contributed by atoms with Crippen LogP contribution in [0.15, 0.2) is 29.3 Å². The summed E-state index contributed by atoms with van der Waals surface area (Å²) in [6, 6.07) is 5.80. The van der Waals surface area contributed by atoms with Gasteiger partial charge in [-0.1, -0.05) is 25.1 Å². The molecule has 4 nitrogen and oxygen atoms in total. The molecule has 4 heteroatoms. The summed E-state index contributed by atoms with van der Waals surface area (Å²) in [4.78, 5) is 22.9. The molecule has 0 aliphatic carbocycles. The van der Waals surface area contributed by atoms with Crippen molar-refractivity contribution < 1.29 is 14.7 Å². The molecule has 0 radical (unpaired) electrons. The van der Waals surface area contributed by atoms with E-state index >= 15 is 0 Å². The van der Waals surface area contributed by atoms with E-state index in [0.29, 0.717) is 0 Å². The van der Waals surface area contributed by atoms with Gasteiger partial charge in [0, 0.05) is 16.8 Å². The van der Waals surface area contributed by atoms with E-state index in [1.54, 1.807) is 0 Å². The molecule has 19 heavy (non-hydrogen) atoms. The molecule has 1 aromatic carbocycles. The molecule has 102 valence electrons. The Morgan fingerprint density at radius 3 is 2.37 bits per heavy atom. The highest BCUT2D eigenvalue weighted by atomic mass is 16.4. The number of carbonyl (C=O) groups excluding carboxylic acids is 1. The summed E-state index contributed by atoms with van der Waals surface area (Å²) in [5, 5.41) is 11.7. The second-order valence-electron chi connectivity index (χ2n) is 4.47. The monoisotopic (exact) mass is 261 g/mol. The second-order valence-corrected chi connectivity index (χ2v) is 4.47. The van der Waals surface area contributed by atoms with E-state index in [9.17, 15) is 9.59 Å². The lowest BCUT2D eigenvalue weighted by atomic mass is 10.0. The number of carboxylic acids is 1. The number of aryl methyl sites for hydroxylation is 2. The van der Waals surface area contributed by atoms with Gasteiger partial charge in [0.1, 0.15) is 0 Å². The lowest BCUT2D eigenvalue weighted by molar-refractivity contribution is -0.133. The summed E-state index contributed by atoms with van der Waals surface area (Å²) in [7, 11) is 0. The van der Waals surface area contributed by atoms with Gasteiger partial charge in [-0.25, -0.2) is 4.79 Å². The molecule has 1 amide bonds. The molecule has 0 aliphatic rings. The average Bonchev–Trinajstić information content (AvgIpc) is 2.38. The fourth-order valence-electron chi connectivity index (χ4n) is 1.74. The second kappa shape index (κ2) is 6.18.